The largest absolute Gasteiger partial charge is 0.573 e. The lowest BCUT2D eigenvalue weighted by Crippen LogP contribution is -2.16. The minimum Gasteiger partial charge on any atom is -0.464 e. The number of benzene rings is 1. The molecule has 0 amide bonds. The highest BCUT2D eigenvalue weighted by Crippen LogP contribution is 2.26. The molecule has 0 aliphatic heterocycles. The molecule has 0 unspecified atom stereocenters. The van der Waals surface area contributed by atoms with Crippen molar-refractivity contribution in [1.29, 1.82) is 0 Å². The van der Waals surface area contributed by atoms with Crippen LogP contribution in [0.2, 0.25) is 0 Å². The van der Waals surface area contributed by atoms with Crippen LogP contribution in [0.5, 0.6) is 5.75 Å². The summed E-state index contributed by atoms with van der Waals surface area (Å²) in [4.78, 5) is 0. The van der Waals surface area contributed by atoms with Gasteiger partial charge in [0, 0.05) is 5.56 Å². The third-order valence-electron chi connectivity index (χ3n) is 1.89. The molecule has 84 valence electrons. The van der Waals surface area contributed by atoms with Crippen LogP contribution in [0.25, 0.3) is 11.3 Å². The van der Waals surface area contributed by atoms with Crippen LogP contribution < -0.4 is 4.74 Å². The Morgan fingerprint density at radius 2 is 1.69 bits per heavy atom. The second kappa shape index (κ2) is 3.92. The fraction of sp³-hybridized carbons (Fsp3) is 0.0909. The maximum Gasteiger partial charge on any atom is 0.573 e. The van der Waals surface area contributed by atoms with Crippen molar-refractivity contribution in [2.45, 2.75) is 6.36 Å². The number of ether oxygens (including phenoxy) is 1. The fourth-order valence-corrected chi connectivity index (χ4v) is 1.26. The SMILES string of the molecule is FC(F)(F)Oc1ccc(-c2ccco2)cc1. The molecule has 16 heavy (non-hydrogen) atoms. The van der Waals surface area contributed by atoms with Gasteiger partial charge in [0.2, 0.25) is 0 Å². The van der Waals surface area contributed by atoms with Crippen molar-refractivity contribution in [3.05, 3.63) is 42.7 Å². The molecule has 2 aromatic rings. The van der Waals surface area contributed by atoms with Crippen LogP contribution in [0, 0.1) is 0 Å². The van der Waals surface area contributed by atoms with Crippen LogP contribution in [0.1, 0.15) is 0 Å². The maximum absolute atomic E-state index is 11.9. The van der Waals surface area contributed by atoms with Gasteiger partial charge in [0.15, 0.2) is 0 Å². The number of alkyl halides is 3. The summed E-state index contributed by atoms with van der Waals surface area (Å²) in [5.41, 5.74) is 0.694. The van der Waals surface area contributed by atoms with E-state index in [2.05, 4.69) is 4.74 Å². The van der Waals surface area contributed by atoms with Crippen LogP contribution in [-0.2, 0) is 0 Å². The number of hydrogen-bond donors (Lipinski definition) is 0. The highest BCUT2D eigenvalue weighted by atomic mass is 19.4. The lowest BCUT2D eigenvalue weighted by atomic mass is 10.2. The number of hydrogen-bond acceptors (Lipinski definition) is 2. The lowest BCUT2D eigenvalue weighted by Gasteiger charge is -2.08. The van der Waals surface area contributed by atoms with E-state index < -0.39 is 6.36 Å². The number of furan rings is 1. The van der Waals surface area contributed by atoms with Crippen LogP contribution in [0.15, 0.2) is 47.1 Å². The molecular formula is C11H7F3O2. The minimum absolute atomic E-state index is 0.247. The number of rotatable bonds is 2. The molecule has 2 nitrogen and oxygen atoms in total. The Morgan fingerprint density at radius 3 is 2.19 bits per heavy atom. The van der Waals surface area contributed by atoms with Crippen LogP contribution in [0.3, 0.4) is 0 Å². The molecule has 0 bridgehead atoms. The Balaban J connectivity index is 2.17. The van der Waals surface area contributed by atoms with Crippen LogP contribution in [-0.4, -0.2) is 6.36 Å². The normalized spacial score (nSPS) is 11.4. The monoisotopic (exact) mass is 228 g/mol. The Labute approximate surface area is 89.3 Å². The van der Waals surface area contributed by atoms with Crippen molar-refractivity contribution < 1.29 is 22.3 Å². The van der Waals surface area contributed by atoms with Crippen LogP contribution in [0.4, 0.5) is 13.2 Å². The van der Waals surface area contributed by atoms with E-state index in [0.29, 0.717) is 11.3 Å². The Kier molecular flexibility index (Phi) is 2.60. The number of halogens is 3. The molecule has 0 aliphatic rings. The Hall–Kier alpha value is -1.91. The second-order valence-corrected chi connectivity index (χ2v) is 3.05. The van der Waals surface area contributed by atoms with Crippen molar-refractivity contribution in [3.8, 4) is 17.1 Å². The zero-order valence-electron chi connectivity index (χ0n) is 7.99. The van der Waals surface area contributed by atoms with Crippen LogP contribution >= 0.6 is 0 Å². The molecule has 0 saturated carbocycles. The summed E-state index contributed by atoms with van der Waals surface area (Å²) >= 11 is 0. The average Bonchev–Trinajstić information content (AvgIpc) is 2.69. The summed E-state index contributed by atoms with van der Waals surface area (Å²) < 4.78 is 44.5. The van der Waals surface area contributed by atoms with E-state index >= 15 is 0 Å². The molecule has 0 atom stereocenters. The highest BCUT2D eigenvalue weighted by molar-refractivity contribution is 5.58. The predicted octanol–water partition coefficient (Wildman–Crippen LogP) is 3.85. The van der Waals surface area contributed by atoms with E-state index in [4.69, 9.17) is 4.42 Å². The molecule has 1 aromatic carbocycles. The first-order valence-electron chi connectivity index (χ1n) is 4.44. The van der Waals surface area contributed by atoms with Gasteiger partial charge in [0.05, 0.1) is 6.26 Å². The van der Waals surface area contributed by atoms with Crippen molar-refractivity contribution in [3.63, 3.8) is 0 Å². The summed E-state index contributed by atoms with van der Waals surface area (Å²) in [6.45, 7) is 0. The highest BCUT2D eigenvalue weighted by Gasteiger charge is 2.30. The van der Waals surface area contributed by atoms with Gasteiger partial charge in [-0.25, -0.2) is 0 Å². The van der Waals surface area contributed by atoms with Crippen molar-refractivity contribution in [2.24, 2.45) is 0 Å². The molecule has 0 fully saturated rings. The van der Waals surface area contributed by atoms with E-state index in [-0.39, 0.29) is 5.75 Å². The fourth-order valence-electron chi connectivity index (χ4n) is 1.26. The lowest BCUT2D eigenvalue weighted by molar-refractivity contribution is -0.274. The van der Waals surface area contributed by atoms with E-state index in [1.54, 1.807) is 12.1 Å². The minimum atomic E-state index is -4.66. The van der Waals surface area contributed by atoms with E-state index in [0.717, 1.165) is 0 Å². The topological polar surface area (TPSA) is 22.4 Å². The first-order chi connectivity index (χ1) is 7.54. The van der Waals surface area contributed by atoms with Crippen molar-refractivity contribution >= 4 is 0 Å². The molecule has 0 spiro atoms. The first kappa shape index (κ1) is 10.6. The molecule has 1 aromatic heterocycles. The smallest absolute Gasteiger partial charge is 0.464 e. The molecule has 0 aliphatic carbocycles. The van der Waals surface area contributed by atoms with Gasteiger partial charge in [-0.2, -0.15) is 0 Å². The zero-order valence-corrected chi connectivity index (χ0v) is 7.99. The summed E-state index contributed by atoms with van der Waals surface area (Å²) in [7, 11) is 0. The van der Waals surface area contributed by atoms with Gasteiger partial charge in [0.25, 0.3) is 0 Å². The second-order valence-electron chi connectivity index (χ2n) is 3.05. The van der Waals surface area contributed by atoms with Crippen molar-refractivity contribution in [1.82, 2.24) is 0 Å². The van der Waals surface area contributed by atoms with Gasteiger partial charge in [-0.05, 0) is 36.4 Å². The van der Waals surface area contributed by atoms with E-state index in [1.807, 2.05) is 0 Å². The zero-order chi connectivity index (χ0) is 11.6. The third kappa shape index (κ3) is 2.56. The van der Waals surface area contributed by atoms with Gasteiger partial charge < -0.3 is 9.15 Å². The van der Waals surface area contributed by atoms with E-state index in [9.17, 15) is 13.2 Å². The predicted molar refractivity (Wildman–Crippen MR) is 50.8 cm³/mol. The first-order valence-corrected chi connectivity index (χ1v) is 4.44. The molecule has 0 N–H and O–H groups in total. The quantitative estimate of drug-likeness (QED) is 0.779. The van der Waals surface area contributed by atoms with Gasteiger partial charge in [0.1, 0.15) is 11.5 Å². The molecule has 5 heteroatoms. The summed E-state index contributed by atoms with van der Waals surface area (Å²) in [5, 5.41) is 0. The van der Waals surface area contributed by atoms with Gasteiger partial charge >= 0.3 is 6.36 Å². The molecule has 2 rings (SSSR count). The molecule has 0 radical (unpaired) electrons. The summed E-state index contributed by atoms with van der Waals surface area (Å²) in [6, 6.07) is 8.91. The molecular weight excluding hydrogens is 221 g/mol. The van der Waals surface area contributed by atoms with Gasteiger partial charge in [-0.15, -0.1) is 13.2 Å². The Bertz CT molecular complexity index is 443. The maximum atomic E-state index is 11.9. The van der Waals surface area contributed by atoms with Gasteiger partial charge in [-0.3, -0.25) is 0 Å². The third-order valence-corrected chi connectivity index (χ3v) is 1.89. The molecule has 0 saturated heterocycles. The Morgan fingerprint density at radius 1 is 1.00 bits per heavy atom. The van der Waals surface area contributed by atoms with Gasteiger partial charge in [-0.1, -0.05) is 0 Å². The van der Waals surface area contributed by atoms with Crippen molar-refractivity contribution in [2.75, 3.05) is 0 Å². The summed E-state index contributed by atoms with van der Waals surface area (Å²) in [5.74, 6) is 0.348. The summed E-state index contributed by atoms with van der Waals surface area (Å²) in [6.07, 6.45) is -3.17. The standard InChI is InChI=1S/C11H7F3O2/c12-11(13,14)16-9-5-3-8(4-6-9)10-2-1-7-15-10/h1-7H. The van der Waals surface area contributed by atoms with E-state index in [1.165, 1.54) is 30.5 Å². The molecule has 1 heterocycles. The average molecular weight is 228 g/mol.